The molecule has 0 aromatic heterocycles. The highest BCUT2D eigenvalue weighted by atomic mass is 16.5. The standard InChI is InChI=1S/C15H19NO3/c1-15(2,19-3)11-16-14(18)13-8-6-12(7-9-13)5-4-10-17/h6-9,17H,10-11H2,1-3H3,(H,16,18). The second-order valence-corrected chi connectivity index (χ2v) is 4.68. The fraction of sp³-hybridized carbons (Fsp3) is 0.400. The van der Waals surface area contributed by atoms with Gasteiger partial charge in [-0.05, 0) is 38.1 Å². The highest BCUT2D eigenvalue weighted by Crippen LogP contribution is 2.07. The zero-order valence-electron chi connectivity index (χ0n) is 11.5. The number of ether oxygens (including phenoxy) is 1. The Hall–Kier alpha value is -1.83. The minimum absolute atomic E-state index is 0.146. The van der Waals surface area contributed by atoms with Gasteiger partial charge in [0, 0.05) is 24.8 Å². The molecule has 1 rings (SSSR count). The van der Waals surface area contributed by atoms with Crippen LogP contribution in [0.5, 0.6) is 0 Å². The molecule has 102 valence electrons. The number of carbonyl (C=O) groups excluding carboxylic acids is 1. The molecule has 19 heavy (non-hydrogen) atoms. The van der Waals surface area contributed by atoms with E-state index in [4.69, 9.17) is 9.84 Å². The summed E-state index contributed by atoms with van der Waals surface area (Å²) in [6, 6.07) is 6.91. The second-order valence-electron chi connectivity index (χ2n) is 4.68. The van der Waals surface area contributed by atoms with Crippen molar-refractivity contribution >= 4 is 5.91 Å². The van der Waals surface area contributed by atoms with Crippen LogP contribution >= 0.6 is 0 Å². The topological polar surface area (TPSA) is 58.6 Å². The first-order chi connectivity index (χ1) is 8.98. The van der Waals surface area contributed by atoms with Gasteiger partial charge in [0.2, 0.25) is 0 Å². The fourth-order valence-electron chi connectivity index (χ4n) is 1.31. The molecule has 0 aliphatic heterocycles. The number of nitrogens with one attached hydrogen (secondary N) is 1. The summed E-state index contributed by atoms with van der Waals surface area (Å²) >= 11 is 0. The van der Waals surface area contributed by atoms with Crippen LogP contribution in [0.25, 0.3) is 0 Å². The molecule has 0 fully saturated rings. The monoisotopic (exact) mass is 261 g/mol. The summed E-state index contributed by atoms with van der Waals surface area (Å²) in [6.07, 6.45) is 0. The molecule has 1 aromatic rings. The Morgan fingerprint density at radius 3 is 2.53 bits per heavy atom. The molecule has 0 radical (unpaired) electrons. The van der Waals surface area contributed by atoms with Crippen LogP contribution in [0.3, 0.4) is 0 Å². The van der Waals surface area contributed by atoms with Crippen LogP contribution < -0.4 is 5.32 Å². The van der Waals surface area contributed by atoms with E-state index in [-0.39, 0.29) is 18.1 Å². The molecule has 0 unspecified atom stereocenters. The molecule has 2 N–H and O–H groups in total. The van der Waals surface area contributed by atoms with E-state index in [1.165, 1.54) is 0 Å². The Morgan fingerprint density at radius 1 is 1.37 bits per heavy atom. The van der Waals surface area contributed by atoms with Gasteiger partial charge in [-0.15, -0.1) is 0 Å². The molecule has 0 aliphatic carbocycles. The minimum Gasteiger partial charge on any atom is -0.384 e. The molecule has 0 spiro atoms. The van der Waals surface area contributed by atoms with Gasteiger partial charge in [0.15, 0.2) is 0 Å². The lowest BCUT2D eigenvalue weighted by Gasteiger charge is -2.23. The van der Waals surface area contributed by atoms with Crippen molar-refractivity contribution in [1.82, 2.24) is 5.32 Å². The molecule has 1 aromatic carbocycles. The number of amides is 1. The van der Waals surface area contributed by atoms with E-state index in [1.807, 2.05) is 13.8 Å². The fourth-order valence-corrected chi connectivity index (χ4v) is 1.31. The van der Waals surface area contributed by atoms with Crippen molar-refractivity contribution in [3.8, 4) is 11.8 Å². The maximum absolute atomic E-state index is 11.9. The molecule has 0 bridgehead atoms. The first kappa shape index (κ1) is 15.2. The highest BCUT2D eigenvalue weighted by Gasteiger charge is 2.17. The Kier molecular flexibility index (Phi) is 5.56. The van der Waals surface area contributed by atoms with E-state index in [0.717, 1.165) is 5.56 Å². The van der Waals surface area contributed by atoms with Gasteiger partial charge in [-0.3, -0.25) is 4.79 Å². The normalized spacial score (nSPS) is 10.5. The molecule has 0 heterocycles. The van der Waals surface area contributed by atoms with Gasteiger partial charge in [0.1, 0.15) is 6.61 Å². The smallest absolute Gasteiger partial charge is 0.251 e. The Labute approximate surface area is 113 Å². The van der Waals surface area contributed by atoms with Crippen LogP contribution in [0.2, 0.25) is 0 Å². The molecule has 1 amide bonds. The van der Waals surface area contributed by atoms with Gasteiger partial charge in [0.25, 0.3) is 5.91 Å². The van der Waals surface area contributed by atoms with Gasteiger partial charge in [-0.1, -0.05) is 11.8 Å². The lowest BCUT2D eigenvalue weighted by atomic mass is 10.1. The molecule has 0 atom stereocenters. The summed E-state index contributed by atoms with van der Waals surface area (Å²) in [5.41, 5.74) is 0.951. The van der Waals surface area contributed by atoms with Crippen LogP contribution in [-0.2, 0) is 4.74 Å². The average molecular weight is 261 g/mol. The first-order valence-electron chi connectivity index (χ1n) is 6.01. The van der Waals surface area contributed by atoms with Crippen molar-refractivity contribution in [3.05, 3.63) is 35.4 Å². The van der Waals surface area contributed by atoms with Crippen molar-refractivity contribution in [2.24, 2.45) is 0 Å². The molecule has 0 saturated heterocycles. The van der Waals surface area contributed by atoms with Crippen LogP contribution in [0.15, 0.2) is 24.3 Å². The molecular formula is C15H19NO3. The van der Waals surface area contributed by atoms with Crippen LogP contribution in [0.1, 0.15) is 29.8 Å². The van der Waals surface area contributed by atoms with E-state index in [2.05, 4.69) is 17.2 Å². The molecule has 4 nitrogen and oxygen atoms in total. The lowest BCUT2D eigenvalue weighted by molar-refractivity contribution is 0.0229. The summed E-state index contributed by atoms with van der Waals surface area (Å²) < 4.78 is 5.23. The summed E-state index contributed by atoms with van der Waals surface area (Å²) in [5.74, 6) is 5.18. The Bertz CT molecular complexity index is 480. The van der Waals surface area contributed by atoms with Crippen molar-refractivity contribution in [2.45, 2.75) is 19.4 Å². The largest absolute Gasteiger partial charge is 0.384 e. The third kappa shape index (κ3) is 5.12. The lowest BCUT2D eigenvalue weighted by Crippen LogP contribution is -2.39. The Balaban J connectivity index is 2.63. The van der Waals surface area contributed by atoms with E-state index < -0.39 is 0 Å². The van der Waals surface area contributed by atoms with Crippen molar-refractivity contribution in [2.75, 3.05) is 20.3 Å². The number of benzene rings is 1. The molecular weight excluding hydrogens is 242 g/mol. The summed E-state index contributed by atoms with van der Waals surface area (Å²) in [5, 5.41) is 11.4. The number of rotatable bonds is 4. The minimum atomic E-state index is -0.387. The third-order valence-corrected chi connectivity index (χ3v) is 2.69. The van der Waals surface area contributed by atoms with Crippen molar-refractivity contribution in [3.63, 3.8) is 0 Å². The number of hydrogen-bond acceptors (Lipinski definition) is 3. The summed E-state index contributed by atoms with van der Waals surface area (Å²) in [6.45, 7) is 4.07. The van der Waals surface area contributed by atoms with Crippen molar-refractivity contribution < 1.29 is 14.6 Å². The van der Waals surface area contributed by atoms with Gasteiger partial charge < -0.3 is 15.2 Å². The number of carbonyl (C=O) groups is 1. The van der Waals surface area contributed by atoms with Gasteiger partial charge in [0.05, 0.1) is 5.60 Å². The molecule has 4 heteroatoms. The number of aliphatic hydroxyl groups excluding tert-OH is 1. The van der Waals surface area contributed by atoms with E-state index in [0.29, 0.717) is 12.1 Å². The molecule has 0 saturated carbocycles. The number of aliphatic hydroxyl groups is 1. The SMILES string of the molecule is COC(C)(C)CNC(=O)c1ccc(C#CCO)cc1. The maximum Gasteiger partial charge on any atom is 0.251 e. The number of hydrogen-bond donors (Lipinski definition) is 2. The predicted molar refractivity (Wildman–Crippen MR) is 73.8 cm³/mol. The van der Waals surface area contributed by atoms with Crippen LogP contribution in [-0.4, -0.2) is 36.9 Å². The first-order valence-corrected chi connectivity index (χ1v) is 6.01. The quantitative estimate of drug-likeness (QED) is 0.800. The number of methoxy groups -OCH3 is 1. The summed E-state index contributed by atoms with van der Waals surface area (Å²) in [4.78, 5) is 11.9. The van der Waals surface area contributed by atoms with Crippen LogP contribution in [0, 0.1) is 11.8 Å². The van der Waals surface area contributed by atoms with E-state index in [1.54, 1.807) is 31.4 Å². The third-order valence-electron chi connectivity index (χ3n) is 2.69. The Morgan fingerprint density at radius 2 is 2.00 bits per heavy atom. The van der Waals surface area contributed by atoms with Gasteiger partial charge >= 0.3 is 0 Å². The molecule has 0 aliphatic rings. The highest BCUT2D eigenvalue weighted by molar-refractivity contribution is 5.94. The van der Waals surface area contributed by atoms with E-state index >= 15 is 0 Å². The van der Waals surface area contributed by atoms with Gasteiger partial charge in [-0.25, -0.2) is 0 Å². The van der Waals surface area contributed by atoms with Gasteiger partial charge in [-0.2, -0.15) is 0 Å². The zero-order valence-corrected chi connectivity index (χ0v) is 11.5. The maximum atomic E-state index is 11.9. The summed E-state index contributed by atoms with van der Waals surface area (Å²) in [7, 11) is 1.61. The average Bonchev–Trinajstić information content (AvgIpc) is 2.43. The zero-order chi connectivity index (χ0) is 14.3. The van der Waals surface area contributed by atoms with Crippen molar-refractivity contribution in [1.29, 1.82) is 0 Å². The second kappa shape index (κ2) is 6.93. The predicted octanol–water partition coefficient (Wildman–Crippen LogP) is 1.19. The van der Waals surface area contributed by atoms with E-state index in [9.17, 15) is 4.79 Å². The van der Waals surface area contributed by atoms with Crippen LogP contribution in [0.4, 0.5) is 0 Å².